The van der Waals surface area contributed by atoms with Gasteiger partial charge in [0.15, 0.2) is 0 Å². The number of nitrogens with zero attached hydrogens (tertiary/aromatic N) is 2. The molecule has 19 heavy (non-hydrogen) atoms. The smallest absolute Gasteiger partial charge is 0.278 e. The van der Waals surface area contributed by atoms with Crippen LogP contribution in [0.3, 0.4) is 0 Å². The van der Waals surface area contributed by atoms with Crippen LogP contribution in [0.4, 0.5) is 0 Å². The van der Waals surface area contributed by atoms with Gasteiger partial charge < -0.3 is 9.47 Å². The molecule has 0 bridgehead atoms. The Labute approximate surface area is 113 Å². The van der Waals surface area contributed by atoms with Gasteiger partial charge in [-0.15, -0.1) is 0 Å². The molecular weight excluding hydrogens is 240 g/mol. The third kappa shape index (κ3) is 3.34. The molecule has 1 aromatic heterocycles. The largest absolute Gasteiger partial charge is 0.474 e. The fourth-order valence-corrected chi connectivity index (χ4v) is 1.72. The zero-order valence-corrected chi connectivity index (χ0v) is 11.8. The van der Waals surface area contributed by atoms with Gasteiger partial charge in [-0.25, -0.2) is 9.97 Å². The van der Waals surface area contributed by atoms with E-state index in [2.05, 4.69) is 23.8 Å². The van der Waals surface area contributed by atoms with E-state index in [4.69, 9.17) is 9.47 Å². The lowest BCUT2D eigenvalue weighted by atomic mass is 10.2. The molecule has 1 heterocycles. The predicted octanol–water partition coefficient (Wildman–Crippen LogP) is 3.52. The molecule has 2 aromatic rings. The maximum absolute atomic E-state index is 5.63. The Morgan fingerprint density at radius 2 is 1.47 bits per heavy atom. The number of fused-ring (bicyclic) bond motifs is 1. The summed E-state index contributed by atoms with van der Waals surface area (Å²) in [4.78, 5) is 9.01. The van der Waals surface area contributed by atoms with Crippen molar-refractivity contribution in [3.63, 3.8) is 0 Å². The van der Waals surface area contributed by atoms with E-state index < -0.39 is 0 Å². The van der Waals surface area contributed by atoms with Crippen LogP contribution >= 0.6 is 0 Å². The van der Waals surface area contributed by atoms with Crippen LogP contribution in [0, 0.1) is 6.92 Å². The van der Waals surface area contributed by atoms with Gasteiger partial charge in [-0.3, -0.25) is 0 Å². The van der Waals surface area contributed by atoms with Gasteiger partial charge in [-0.2, -0.15) is 0 Å². The molecule has 0 spiro atoms. The molecular formula is C15H20N2O2. The lowest BCUT2D eigenvalue weighted by molar-refractivity contribution is 0.252. The van der Waals surface area contributed by atoms with Crippen LogP contribution in [0.5, 0.6) is 11.8 Å². The maximum atomic E-state index is 5.63. The van der Waals surface area contributed by atoms with E-state index in [0.29, 0.717) is 25.0 Å². The lowest BCUT2D eigenvalue weighted by Crippen LogP contribution is -2.05. The van der Waals surface area contributed by atoms with E-state index in [1.165, 1.54) is 0 Å². The molecule has 102 valence electrons. The standard InChI is InChI=1S/C15H20N2O2/c1-4-8-18-14-15(19-9-5-2)17-13-10-11(3)6-7-12(13)16-14/h6-7,10H,4-5,8-9H2,1-3H3. The molecule has 0 amide bonds. The van der Waals surface area contributed by atoms with Gasteiger partial charge in [0.25, 0.3) is 11.8 Å². The second-order valence-electron chi connectivity index (χ2n) is 4.52. The van der Waals surface area contributed by atoms with Crippen LogP contribution in [0.15, 0.2) is 18.2 Å². The van der Waals surface area contributed by atoms with E-state index >= 15 is 0 Å². The monoisotopic (exact) mass is 260 g/mol. The molecule has 0 N–H and O–H groups in total. The summed E-state index contributed by atoms with van der Waals surface area (Å²) >= 11 is 0. The van der Waals surface area contributed by atoms with Crippen molar-refractivity contribution in [2.75, 3.05) is 13.2 Å². The topological polar surface area (TPSA) is 44.2 Å². The van der Waals surface area contributed by atoms with Gasteiger partial charge in [-0.05, 0) is 37.5 Å². The molecule has 0 aliphatic heterocycles. The van der Waals surface area contributed by atoms with Crippen molar-refractivity contribution in [3.05, 3.63) is 23.8 Å². The Morgan fingerprint density at radius 3 is 2.05 bits per heavy atom. The van der Waals surface area contributed by atoms with Crippen molar-refractivity contribution >= 4 is 11.0 Å². The Balaban J connectivity index is 2.40. The third-order valence-corrected chi connectivity index (χ3v) is 2.64. The summed E-state index contributed by atoms with van der Waals surface area (Å²) in [6.45, 7) is 7.40. The molecule has 0 unspecified atom stereocenters. The van der Waals surface area contributed by atoms with E-state index in [9.17, 15) is 0 Å². The van der Waals surface area contributed by atoms with Crippen molar-refractivity contribution in [1.82, 2.24) is 9.97 Å². The van der Waals surface area contributed by atoms with Gasteiger partial charge in [0.1, 0.15) is 0 Å². The van der Waals surface area contributed by atoms with Crippen LogP contribution in [0.2, 0.25) is 0 Å². The van der Waals surface area contributed by atoms with Crippen molar-refractivity contribution in [1.29, 1.82) is 0 Å². The number of benzene rings is 1. The van der Waals surface area contributed by atoms with Crippen LogP contribution in [0.1, 0.15) is 32.3 Å². The fourth-order valence-electron chi connectivity index (χ4n) is 1.72. The van der Waals surface area contributed by atoms with Gasteiger partial charge >= 0.3 is 0 Å². The summed E-state index contributed by atoms with van der Waals surface area (Å²) < 4.78 is 11.3. The first-order valence-electron chi connectivity index (χ1n) is 6.78. The van der Waals surface area contributed by atoms with Crippen molar-refractivity contribution in [3.8, 4) is 11.8 Å². The number of hydrogen-bond donors (Lipinski definition) is 0. The Bertz CT molecular complexity index is 555. The average Bonchev–Trinajstić information content (AvgIpc) is 2.42. The first-order valence-corrected chi connectivity index (χ1v) is 6.78. The molecule has 0 aliphatic rings. The average molecular weight is 260 g/mol. The van der Waals surface area contributed by atoms with Gasteiger partial charge in [-0.1, -0.05) is 19.9 Å². The van der Waals surface area contributed by atoms with E-state index in [1.807, 2.05) is 25.1 Å². The highest BCUT2D eigenvalue weighted by molar-refractivity contribution is 5.76. The summed E-state index contributed by atoms with van der Waals surface area (Å²) in [5.74, 6) is 0.986. The third-order valence-electron chi connectivity index (χ3n) is 2.64. The summed E-state index contributed by atoms with van der Waals surface area (Å²) in [5, 5.41) is 0. The summed E-state index contributed by atoms with van der Waals surface area (Å²) in [6, 6.07) is 5.98. The van der Waals surface area contributed by atoms with E-state index in [-0.39, 0.29) is 0 Å². The van der Waals surface area contributed by atoms with Crippen LogP contribution in [-0.2, 0) is 0 Å². The molecule has 1 aromatic carbocycles. The molecule has 4 nitrogen and oxygen atoms in total. The summed E-state index contributed by atoms with van der Waals surface area (Å²) in [5.41, 5.74) is 2.83. The van der Waals surface area contributed by atoms with Crippen LogP contribution < -0.4 is 9.47 Å². The molecule has 0 radical (unpaired) electrons. The van der Waals surface area contributed by atoms with Crippen LogP contribution in [0.25, 0.3) is 11.0 Å². The van der Waals surface area contributed by atoms with E-state index in [0.717, 1.165) is 29.4 Å². The van der Waals surface area contributed by atoms with Gasteiger partial charge in [0, 0.05) is 0 Å². The van der Waals surface area contributed by atoms with Crippen LogP contribution in [-0.4, -0.2) is 23.2 Å². The van der Waals surface area contributed by atoms with Gasteiger partial charge in [0.05, 0.1) is 24.2 Å². The highest BCUT2D eigenvalue weighted by atomic mass is 16.5. The minimum absolute atomic E-state index is 0.492. The number of rotatable bonds is 6. The molecule has 2 rings (SSSR count). The minimum Gasteiger partial charge on any atom is -0.474 e. The molecule has 0 saturated carbocycles. The number of ether oxygens (including phenoxy) is 2. The van der Waals surface area contributed by atoms with Crippen molar-refractivity contribution in [2.24, 2.45) is 0 Å². The second-order valence-corrected chi connectivity index (χ2v) is 4.52. The zero-order chi connectivity index (χ0) is 13.7. The lowest BCUT2D eigenvalue weighted by Gasteiger charge is -2.11. The SMILES string of the molecule is CCCOc1nc2ccc(C)cc2nc1OCCC. The number of aryl methyl sites for hydroxylation is 1. The zero-order valence-electron chi connectivity index (χ0n) is 11.8. The molecule has 0 saturated heterocycles. The molecule has 0 aliphatic carbocycles. The van der Waals surface area contributed by atoms with Gasteiger partial charge in [0.2, 0.25) is 0 Å². The second kappa shape index (κ2) is 6.36. The fraction of sp³-hybridized carbons (Fsp3) is 0.467. The molecule has 0 fully saturated rings. The minimum atomic E-state index is 0.492. The Morgan fingerprint density at radius 1 is 0.895 bits per heavy atom. The Hall–Kier alpha value is -1.84. The quantitative estimate of drug-likeness (QED) is 0.797. The summed E-state index contributed by atoms with van der Waals surface area (Å²) in [6.07, 6.45) is 1.86. The number of aromatic nitrogens is 2. The summed E-state index contributed by atoms with van der Waals surface area (Å²) in [7, 11) is 0. The first-order chi connectivity index (χ1) is 9.24. The molecule has 4 heteroatoms. The number of hydrogen-bond acceptors (Lipinski definition) is 4. The normalized spacial score (nSPS) is 10.7. The highest BCUT2D eigenvalue weighted by Gasteiger charge is 2.11. The molecule has 0 atom stereocenters. The van der Waals surface area contributed by atoms with Crippen molar-refractivity contribution in [2.45, 2.75) is 33.6 Å². The maximum Gasteiger partial charge on any atom is 0.278 e. The van der Waals surface area contributed by atoms with E-state index in [1.54, 1.807) is 0 Å². The predicted molar refractivity (Wildman–Crippen MR) is 75.8 cm³/mol. The highest BCUT2D eigenvalue weighted by Crippen LogP contribution is 2.26. The Kier molecular flexibility index (Phi) is 4.55. The van der Waals surface area contributed by atoms with Crippen molar-refractivity contribution < 1.29 is 9.47 Å². The first kappa shape index (κ1) is 13.6.